The number of nitrogens with zero attached hydrogens (tertiary/aromatic N) is 2. The highest BCUT2D eigenvalue weighted by molar-refractivity contribution is 5.70. The van der Waals surface area contributed by atoms with Crippen LogP contribution in [0.1, 0.15) is 24.0 Å². The molecule has 0 saturated carbocycles. The van der Waals surface area contributed by atoms with E-state index >= 15 is 0 Å². The number of rotatable bonds is 5. The van der Waals surface area contributed by atoms with Crippen LogP contribution in [0.15, 0.2) is 12.1 Å². The highest BCUT2D eigenvalue weighted by Gasteiger charge is 2.16. The Kier molecular flexibility index (Phi) is 5.43. The summed E-state index contributed by atoms with van der Waals surface area (Å²) >= 11 is 0. The topological polar surface area (TPSA) is 30.5 Å². The lowest BCUT2D eigenvalue weighted by molar-refractivity contribution is 0.352. The van der Waals surface area contributed by atoms with E-state index in [1.807, 2.05) is 0 Å². The average molecular weight is 312 g/mol. The van der Waals surface area contributed by atoms with E-state index in [-0.39, 0.29) is 0 Å². The van der Waals surface area contributed by atoms with Gasteiger partial charge in [0.2, 0.25) is 0 Å². The molecule has 1 aromatic rings. The summed E-state index contributed by atoms with van der Waals surface area (Å²) in [5.74, 6) is 2.81. The normalized spacial score (nSPS) is 18.9. The van der Waals surface area contributed by atoms with Gasteiger partial charge in [0.25, 0.3) is 0 Å². The smallest absolute Gasteiger partial charge is 0.0430 e. The molecular formula is C19H28N4. The summed E-state index contributed by atoms with van der Waals surface area (Å²) in [6.07, 6.45) is 8.37. The van der Waals surface area contributed by atoms with Crippen LogP contribution < -0.4 is 15.5 Å². The minimum Gasteiger partial charge on any atom is -0.383 e. The van der Waals surface area contributed by atoms with Gasteiger partial charge in [0.1, 0.15) is 0 Å². The molecule has 0 aliphatic carbocycles. The van der Waals surface area contributed by atoms with Gasteiger partial charge in [-0.05, 0) is 50.6 Å². The molecule has 1 aromatic carbocycles. The van der Waals surface area contributed by atoms with E-state index in [9.17, 15) is 0 Å². The van der Waals surface area contributed by atoms with Gasteiger partial charge in [-0.1, -0.05) is 5.92 Å². The van der Waals surface area contributed by atoms with Gasteiger partial charge in [0.05, 0.1) is 0 Å². The second-order valence-corrected chi connectivity index (χ2v) is 6.52. The first kappa shape index (κ1) is 16.2. The van der Waals surface area contributed by atoms with Crippen LogP contribution >= 0.6 is 0 Å². The van der Waals surface area contributed by atoms with Crippen molar-refractivity contribution in [1.82, 2.24) is 10.2 Å². The van der Waals surface area contributed by atoms with Gasteiger partial charge in [0.15, 0.2) is 0 Å². The zero-order valence-electron chi connectivity index (χ0n) is 14.2. The van der Waals surface area contributed by atoms with E-state index in [2.05, 4.69) is 45.4 Å². The Morgan fingerprint density at radius 2 is 1.91 bits per heavy atom. The van der Waals surface area contributed by atoms with Crippen molar-refractivity contribution in [1.29, 1.82) is 0 Å². The largest absolute Gasteiger partial charge is 0.383 e. The Bertz CT molecular complexity index is 563. The van der Waals surface area contributed by atoms with Gasteiger partial charge in [-0.3, -0.25) is 0 Å². The first-order chi connectivity index (χ1) is 11.3. The van der Waals surface area contributed by atoms with Crippen molar-refractivity contribution in [3.05, 3.63) is 23.3 Å². The molecule has 0 unspecified atom stereocenters. The lowest BCUT2D eigenvalue weighted by atomic mass is 10.1. The third-order valence-corrected chi connectivity index (χ3v) is 4.95. The molecule has 2 saturated heterocycles. The van der Waals surface area contributed by atoms with Crippen molar-refractivity contribution in [2.45, 2.75) is 19.8 Å². The van der Waals surface area contributed by atoms with Gasteiger partial charge < -0.3 is 20.4 Å². The summed E-state index contributed by atoms with van der Waals surface area (Å²) in [4.78, 5) is 4.98. The maximum Gasteiger partial charge on any atom is 0.0430 e. The molecule has 2 heterocycles. The minimum absolute atomic E-state index is 0.966. The van der Waals surface area contributed by atoms with E-state index in [4.69, 9.17) is 6.42 Å². The molecule has 2 aliphatic rings. The Morgan fingerprint density at radius 1 is 1.17 bits per heavy atom. The molecule has 4 heteroatoms. The molecule has 2 aliphatic heterocycles. The fraction of sp³-hybridized carbons (Fsp3) is 0.579. The second kappa shape index (κ2) is 7.72. The molecular weight excluding hydrogens is 284 g/mol. The molecule has 0 amide bonds. The third-order valence-electron chi connectivity index (χ3n) is 4.95. The van der Waals surface area contributed by atoms with Crippen LogP contribution in [0.3, 0.4) is 0 Å². The van der Waals surface area contributed by atoms with Crippen LogP contribution in [0.5, 0.6) is 0 Å². The summed E-state index contributed by atoms with van der Waals surface area (Å²) in [5, 5.41) is 7.02. The number of hydrogen-bond donors (Lipinski definition) is 2. The molecule has 0 atom stereocenters. The fourth-order valence-electron chi connectivity index (χ4n) is 3.56. The van der Waals surface area contributed by atoms with Crippen molar-refractivity contribution >= 4 is 11.4 Å². The highest BCUT2D eigenvalue weighted by Crippen LogP contribution is 2.29. The summed E-state index contributed by atoms with van der Waals surface area (Å²) < 4.78 is 0. The molecule has 0 bridgehead atoms. The van der Waals surface area contributed by atoms with Crippen LogP contribution in [0.25, 0.3) is 0 Å². The second-order valence-electron chi connectivity index (χ2n) is 6.52. The molecule has 124 valence electrons. The summed E-state index contributed by atoms with van der Waals surface area (Å²) in [6.45, 7) is 11.0. The van der Waals surface area contributed by atoms with Gasteiger partial charge in [-0.15, -0.1) is 6.42 Å². The number of nitrogens with one attached hydrogen (secondary N) is 2. The van der Waals surface area contributed by atoms with E-state index < -0.39 is 0 Å². The van der Waals surface area contributed by atoms with Crippen molar-refractivity contribution in [3.8, 4) is 12.3 Å². The molecule has 0 aromatic heterocycles. The maximum absolute atomic E-state index is 5.68. The SMILES string of the molecule is C#Cc1cc(NCCN2CCCC2)c(C)c(N2CCNCC2)c1. The highest BCUT2D eigenvalue weighted by atomic mass is 15.2. The number of anilines is 2. The number of terminal acetylenes is 1. The zero-order valence-corrected chi connectivity index (χ0v) is 14.2. The van der Waals surface area contributed by atoms with E-state index in [1.54, 1.807) is 0 Å². The predicted octanol–water partition coefficient (Wildman–Crippen LogP) is 1.89. The number of likely N-dealkylation sites (tertiary alicyclic amines) is 1. The van der Waals surface area contributed by atoms with Gasteiger partial charge in [0, 0.05) is 56.2 Å². The summed E-state index contributed by atoms with van der Waals surface area (Å²) in [5.41, 5.74) is 4.75. The van der Waals surface area contributed by atoms with Crippen LogP contribution in [0.4, 0.5) is 11.4 Å². The monoisotopic (exact) mass is 312 g/mol. The van der Waals surface area contributed by atoms with Crippen molar-refractivity contribution in [2.24, 2.45) is 0 Å². The quantitative estimate of drug-likeness (QED) is 0.813. The van der Waals surface area contributed by atoms with Crippen LogP contribution in [-0.2, 0) is 0 Å². The van der Waals surface area contributed by atoms with Gasteiger partial charge in [-0.2, -0.15) is 0 Å². The predicted molar refractivity (Wildman–Crippen MR) is 98.4 cm³/mol. The minimum atomic E-state index is 0.966. The Labute approximate surface area is 140 Å². The summed E-state index contributed by atoms with van der Waals surface area (Å²) in [7, 11) is 0. The molecule has 2 fully saturated rings. The Hall–Kier alpha value is -1.70. The van der Waals surface area contributed by atoms with E-state index in [0.717, 1.165) is 44.8 Å². The Morgan fingerprint density at radius 3 is 2.61 bits per heavy atom. The third kappa shape index (κ3) is 3.99. The number of benzene rings is 1. The zero-order chi connectivity index (χ0) is 16.1. The van der Waals surface area contributed by atoms with Gasteiger partial charge in [-0.25, -0.2) is 0 Å². The lowest BCUT2D eigenvalue weighted by Gasteiger charge is -2.31. The number of piperazine rings is 1. The lowest BCUT2D eigenvalue weighted by Crippen LogP contribution is -2.43. The molecule has 0 spiro atoms. The molecule has 23 heavy (non-hydrogen) atoms. The molecule has 2 N–H and O–H groups in total. The maximum atomic E-state index is 5.68. The average Bonchev–Trinajstić information content (AvgIpc) is 3.10. The van der Waals surface area contributed by atoms with Crippen molar-refractivity contribution < 1.29 is 0 Å². The molecule has 4 nitrogen and oxygen atoms in total. The first-order valence-electron chi connectivity index (χ1n) is 8.81. The standard InChI is InChI=1S/C19H28N4/c1-3-17-14-18(21-8-11-22-9-4-5-10-22)16(2)19(15-17)23-12-6-20-7-13-23/h1,14-15,20-21H,4-13H2,2H3. The van der Waals surface area contributed by atoms with E-state index in [0.29, 0.717) is 0 Å². The Balaban J connectivity index is 1.71. The van der Waals surface area contributed by atoms with Crippen LogP contribution in [-0.4, -0.2) is 57.3 Å². The molecule has 0 radical (unpaired) electrons. The van der Waals surface area contributed by atoms with Crippen molar-refractivity contribution in [3.63, 3.8) is 0 Å². The van der Waals surface area contributed by atoms with Crippen LogP contribution in [0.2, 0.25) is 0 Å². The van der Waals surface area contributed by atoms with Crippen LogP contribution in [0, 0.1) is 19.3 Å². The number of hydrogen-bond acceptors (Lipinski definition) is 4. The summed E-state index contributed by atoms with van der Waals surface area (Å²) in [6, 6.07) is 4.28. The first-order valence-corrected chi connectivity index (χ1v) is 8.81. The fourth-order valence-corrected chi connectivity index (χ4v) is 3.56. The van der Waals surface area contributed by atoms with Gasteiger partial charge >= 0.3 is 0 Å². The molecule has 3 rings (SSSR count). The van der Waals surface area contributed by atoms with E-state index in [1.165, 1.54) is 42.9 Å². The van der Waals surface area contributed by atoms with Crippen molar-refractivity contribution in [2.75, 3.05) is 62.6 Å².